The Morgan fingerprint density at radius 3 is 2.70 bits per heavy atom. The summed E-state index contributed by atoms with van der Waals surface area (Å²) in [6, 6.07) is 0. The highest BCUT2D eigenvalue weighted by Crippen LogP contribution is 2.03. The van der Waals surface area contributed by atoms with Crippen molar-refractivity contribution in [3.05, 3.63) is 23.9 Å². The van der Waals surface area contributed by atoms with Gasteiger partial charge in [-0.25, -0.2) is 0 Å². The molecule has 0 amide bonds. The second-order valence-electron chi connectivity index (χ2n) is 1.96. The zero-order chi connectivity index (χ0) is 7.98. The van der Waals surface area contributed by atoms with E-state index in [-0.39, 0.29) is 0 Å². The molecule has 0 aliphatic carbocycles. The van der Waals surface area contributed by atoms with Gasteiger partial charge >= 0.3 is 0 Å². The quantitative estimate of drug-likeness (QED) is 0.379. The zero-order valence-electron chi connectivity index (χ0n) is 6.39. The highest BCUT2D eigenvalue weighted by Gasteiger charge is 1.85. The average Bonchev–Trinajstić information content (AvgIpc) is 1.88. The first-order chi connectivity index (χ1) is 4.70. The summed E-state index contributed by atoms with van der Waals surface area (Å²) < 4.78 is 0. The summed E-state index contributed by atoms with van der Waals surface area (Å²) in [6.07, 6.45) is 3.72. The van der Waals surface area contributed by atoms with E-state index < -0.39 is 0 Å². The molecule has 0 aromatic carbocycles. The van der Waals surface area contributed by atoms with Crippen LogP contribution in [-0.2, 0) is 0 Å². The average molecular weight is 202 g/mol. The summed E-state index contributed by atoms with van der Waals surface area (Å²) in [7, 11) is 0. The van der Waals surface area contributed by atoms with E-state index in [4.69, 9.17) is 0 Å². The molecule has 0 aromatic heterocycles. The van der Waals surface area contributed by atoms with Gasteiger partial charge in [0, 0.05) is 17.2 Å². The number of rotatable bonds is 3. The molecule has 0 saturated carbocycles. The fraction of sp³-hybridized carbons (Fsp3) is 0.375. The van der Waals surface area contributed by atoms with Crippen molar-refractivity contribution in [1.29, 1.82) is 0 Å². The molecule has 0 radical (unpaired) electrons. The molecule has 1 nitrogen and oxygen atoms in total. The number of hydrogen-bond donors (Lipinski definition) is 0. The number of halogens is 1. The molecule has 0 bridgehead atoms. The molecule has 0 rings (SSSR count). The predicted octanol–water partition coefficient (Wildman–Crippen LogP) is 2.93. The molecule has 0 atom stereocenters. The van der Waals surface area contributed by atoms with E-state index in [0.717, 1.165) is 16.6 Å². The van der Waals surface area contributed by atoms with Gasteiger partial charge in [0.15, 0.2) is 0 Å². The molecule has 0 aromatic rings. The van der Waals surface area contributed by atoms with Gasteiger partial charge in [-0.15, -0.1) is 0 Å². The van der Waals surface area contributed by atoms with Crippen LogP contribution in [0.25, 0.3) is 0 Å². The minimum absolute atomic E-state index is 0.809. The SMILES string of the molecule is C=C(/C=C(C)\N=C/C)CBr. The van der Waals surface area contributed by atoms with Gasteiger partial charge in [-0.2, -0.15) is 0 Å². The van der Waals surface area contributed by atoms with Crippen LogP contribution in [0.3, 0.4) is 0 Å². The van der Waals surface area contributed by atoms with Crippen molar-refractivity contribution in [1.82, 2.24) is 0 Å². The maximum absolute atomic E-state index is 4.07. The Balaban J connectivity index is 4.02. The molecule has 0 N–H and O–H groups in total. The van der Waals surface area contributed by atoms with Crippen LogP contribution >= 0.6 is 15.9 Å². The molecule has 0 spiro atoms. The summed E-state index contributed by atoms with van der Waals surface area (Å²) >= 11 is 3.30. The first-order valence-electron chi connectivity index (χ1n) is 3.11. The number of aliphatic imine (C=N–C) groups is 1. The molecule has 0 saturated heterocycles. The molecule has 0 fully saturated rings. The third kappa shape index (κ3) is 4.50. The summed E-state index contributed by atoms with van der Waals surface area (Å²) in [4.78, 5) is 4.07. The lowest BCUT2D eigenvalue weighted by Crippen LogP contribution is -1.77. The van der Waals surface area contributed by atoms with Crippen molar-refractivity contribution < 1.29 is 0 Å². The predicted molar refractivity (Wildman–Crippen MR) is 50.9 cm³/mol. The lowest BCUT2D eigenvalue weighted by molar-refractivity contribution is 1.29. The van der Waals surface area contributed by atoms with Crippen LogP contribution in [0.1, 0.15) is 13.8 Å². The maximum Gasteiger partial charge on any atom is 0.0371 e. The van der Waals surface area contributed by atoms with E-state index in [0.29, 0.717) is 0 Å². The molecule has 0 unspecified atom stereocenters. The van der Waals surface area contributed by atoms with Gasteiger partial charge in [0.25, 0.3) is 0 Å². The van der Waals surface area contributed by atoms with Crippen LogP contribution in [0.5, 0.6) is 0 Å². The van der Waals surface area contributed by atoms with Gasteiger partial charge in [0.05, 0.1) is 0 Å². The molecule has 0 heterocycles. The first kappa shape index (κ1) is 9.63. The largest absolute Gasteiger partial charge is 0.266 e. The second-order valence-corrected chi connectivity index (χ2v) is 2.53. The van der Waals surface area contributed by atoms with Crippen LogP contribution < -0.4 is 0 Å². The number of hydrogen-bond acceptors (Lipinski definition) is 1. The monoisotopic (exact) mass is 201 g/mol. The standard InChI is InChI=1S/C8H12BrN/c1-4-10-8(3)5-7(2)6-9/h4-5H,2,6H2,1,3H3/b8-5-,10-4-. The lowest BCUT2D eigenvalue weighted by Gasteiger charge is -1.92. The van der Waals surface area contributed by atoms with Gasteiger partial charge < -0.3 is 0 Å². The van der Waals surface area contributed by atoms with E-state index in [9.17, 15) is 0 Å². The number of nitrogens with zero attached hydrogens (tertiary/aromatic N) is 1. The first-order valence-corrected chi connectivity index (χ1v) is 4.23. The summed E-state index contributed by atoms with van der Waals surface area (Å²) in [5.74, 6) is 0. The molecule has 56 valence electrons. The topological polar surface area (TPSA) is 12.4 Å². The lowest BCUT2D eigenvalue weighted by atomic mass is 10.3. The van der Waals surface area contributed by atoms with E-state index in [2.05, 4.69) is 27.5 Å². The molecule has 0 aliphatic rings. The van der Waals surface area contributed by atoms with Crippen molar-refractivity contribution >= 4 is 22.1 Å². The van der Waals surface area contributed by atoms with Crippen LogP contribution in [-0.4, -0.2) is 11.5 Å². The fourth-order valence-corrected chi connectivity index (χ4v) is 0.737. The maximum atomic E-state index is 4.07. The molecular weight excluding hydrogens is 190 g/mol. The van der Waals surface area contributed by atoms with E-state index in [1.54, 1.807) is 6.21 Å². The van der Waals surface area contributed by atoms with Crippen LogP contribution in [0.2, 0.25) is 0 Å². The molecule has 2 heteroatoms. The van der Waals surface area contributed by atoms with Crippen molar-refractivity contribution in [2.45, 2.75) is 13.8 Å². The highest BCUT2D eigenvalue weighted by molar-refractivity contribution is 9.09. The zero-order valence-corrected chi connectivity index (χ0v) is 7.98. The summed E-state index contributed by atoms with van der Waals surface area (Å²) in [5.41, 5.74) is 2.04. The minimum Gasteiger partial charge on any atom is -0.266 e. The molecular formula is C8H12BrN. The number of allylic oxidation sites excluding steroid dienone is 3. The summed E-state index contributed by atoms with van der Waals surface area (Å²) in [6.45, 7) is 7.65. The highest BCUT2D eigenvalue weighted by atomic mass is 79.9. The third-order valence-corrected chi connectivity index (χ3v) is 1.64. The van der Waals surface area contributed by atoms with Crippen molar-refractivity contribution in [2.75, 3.05) is 5.33 Å². The van der Waals surface area contributed by atoms with Crippen LogP contribution in [0, 0.1) is 0 Å². The fourth-order valence-electron chi connectivity index (χ4n) is 0.575. The van der Waals surface area contributed by atoms with Crippen molar-refractivity contribution in [2.24, 2.45) is 4.99 Å². The minimum atomic E-state index is 0.809. The summed E-state index contributed by atoms with van der Waals surface area (Å²) in [5, 5.41) is 0.809. The number of alkyl halides is 1. The van der Waals surface area contributed by atoms with Crippen LogP contribution in [0.4, 0.5) is 0 Å². The Morgan fingerprint density at radius 2 is 2.30 bits per heavy atom. The van der Waals surface area contributed by atoms with E-state index in [1.165, 1.54) is 0 Å². The van der Waals surface area contributed by atoms with E-state index in [1.807, 2.05) is 19.9 Å². The van der Waals surface area contributed by atoms with Gasteiger partial charge in [-0.05, 0) is 25.5 Å². The van der Waals surface area contributed by atoms with Gasteiger partial charge in [0.2, 0.25) is 0 Å². The Bertz CT molecular complexity index is 168. The van der Waals surface area contributed by atoms with Crippen molar-refractivity contribution in [3.8, 4) is 0 Å². The van der Waals surface area contributed by atoms with Gasteiger partial charge in [0.1, 0.15) is 0 Å². The third-order valence-electron chi connectivity index (χ3n) is 0.917. The van der Waals surface area contributed by atoms with Crippen molar-refractivity contribution in [3.63, 3.8) is 0 Å². The Morgan fingerprint density at radius 1 is 1.70 bits per heavy atom. The normalized spacial score (nSPS) is 12.5. The Labute approximate surface area is 70.7 Å². The molecule has 10 heavy (non-hydrogen) atoms. The van der Waals surface area contributed by atoms with Crippen LogP contribution in [0.15, 0.2) is 28.9 Å². The molecule has 0 aliphatic heterocycles. The van der Waals surface area contributed by atoms with E-state index >= 15 is 0 Å². The smallest absolute Gasteiger partial charge is 0.0371 e. The van der Waals surface area contributed by atoms with Gasteiger partial charge in [-0.1, -0.05) is 22.5 Å². The Hall–Kier alpha value is -0.370. The van der Waals surface area contributed by atoms with Gasteiger partial charge in [-0.3, -0.25) is 4.99 Å². The second kappa shape index (κ2) is 5.42. The Kier molecular flexibility index (Phi) is 5.22.